The van der Waals surface area contributed by atoms with E-state index >= 15 is 0 Å². The molecule has 98 valence electrons. The van der Waals surface area contributed by atoms with Crippen molar-refractivity contribution in [2.24, 2.45) is 0 Å². The molecule has 0 saturated carbocycles. The van der Waals surface area contributed by atoms with Crippen LogP contribution in [-0.2, 0) is 22.6 Å². The van der Waals surface area contributed by atoms with Gasteiger partial charge in [0.05, 0.1) is 17.6 Å². The first-order valence-electron chi connectivity index (χ1n) is 5.97. The average molecular weight is 269 g/mol. The van der Waals surface area contributed by atoms with Gasteiger partial charge in [0.25, 0.3) is 0 Å². The lowest BCUT2D eigenvalue weighted by Crippen LogP contribution is -2.10. The maximum atomic E-state index is 6.03. The van der Waals surface area contributed by atoms with Crippen molar-refractivity contribution < 1.29 is 9.47 Å². The van der Waals surface area contributed by atoms with Crippen LogP contribution in [0.15, 0.2) is 18.2 Å². The highest BCUT2D eigenvalue weighted by molar-refractivity contribution is 6.31. The van der Waals surface area contributed by atoms with E-state index < -0.39 is 0 Å². The Hall–Kier alpha value is -1.10. The molecule has 0 atom stereocenters. The zero-order valence-electron chi connectivity index (χ0n) is 10.6. The van der Waals surface area contributed by atoms with Gasteiger partial charge in [0.1, 0.15) is 12.4 Å². The van der Waals surface area contributed by atoms with Crippen molar-refractivity contribution in [3.05, 3.63) is 29.0 Å². The highest BCUT2D eigenvalue weighted by Gasteiger charge is 2.10. The lowest BCUT2D eigenvalue weighted by Gasteiger charge is -2.08. The SMILES string of the molecule is CCOCCn1c(COC)nc2ccc(Cl)cc21. The average Bonchev–Trinajstić information content (AvgIpc) is 2.68. The summed E-state index contributed by atoms with van der Waals surface area (Å²) >= 11 is 6.03. The van der Waals surface area contributed by atoms with Crippen molar-refractivity contribution in [3.63, 3.8) is 0 Å². The third-order valence-electron chi connectivity index (χ3n) is 2.73. The van der Waals surface area contributed by atoms with Gasteiger partial charge in [-0.25, -0.2) is 4.98 Å². The van der Waals surface area contributed by atoms with E-state index in [1.807, 2.05) is 25.1 Å². The maximum Gasteiger partial charge on any atom is 0.136 e. The predicted octanol–water partition coefficient (Wildman–Crippen LogP) is 2.87. The van der Waals surface area contributed by atoms with Crippen LogP contribution in [0.5, 0.6) is 0 Å². The summed E-state index contributed by atoms with van der Waals surface area (Å²) in [5.41, 5.74) is 1.96. The number of fused-ring (bicyclic) bond motifs is 1. The Morgan fingerprint density at radius 3 is 2.94 bits per heavy atom. The van der Waals surface area contributed by atoms with Crippen LogP contribution in [0.2, 0.25) is 5.02 Å². The zero-order chi connectivity index (χ0) is 13.0. The number of benzene rings is 1. The minimum absolute atomic E-state index is 0.485. The molecule has 0 unspecified atom stereocenters. The molecule has 0 radical (unpaired) electrons. The van der Waals surface area contributed by atoms with Crippen molar-refractivity contribution in [2.45, 2.75) is 20.1 Å². The molecule has 0 bridgehead atoms. The van der Waals surface area contributed by atoms with Gasteiger partial charge in [-0.3, -0.25) is 0 Å². The van der Waals surface area contributed by atoms with E-state index in [4.69, 9.17) is 21.1 Å². The second-order valence-corrected chi connectivity index (χ2v) is 4.38. The minimum atomic E-state index is 0.485. The number of methoxy groups -OCH3 is 1. The van der Waals surface area contributed by atoms with Gasteiger partial charge in [0.2, 0.25) is 0 Å². The molecule has 0 aliphatic rings. The fourth-order valence-corrected chi connectivity index (χ4v) is 2.10. The van der Waals surface area contributed by atoms with Gasteiger partial charge in [-0.2, -0.15) is 0 Å². The van der Waals surface area contributed by atoms with Crippen LogP contribution in [0, 0.1) is 0 Å². The van der Waals surface area contributed by atoms with E-state index in [9.17, 15) is 0 Å². The monoisotopic (exact) mass is 268 g/mol. The largest absolute Gasteiger partial charge is 0.380 e. The van der Waals surface area contributed by atoms with Crippen LogP contribution < -0.4 is 0 Å². The number of rotatable bonds is 6. The molecule has 18 heavy (non-hydrogen) atoms. The van der Waals surface area contributed by atoms with Gasteiger partial charge in [0, 0.05) is 25.3 Å². The van der Waals surface area contributed by atoms with E-state index in [0.717, 1.165) is 23.4 Å². The lowest BCUT2D eigenvalue weighted by molar-refractivity contribution is 0.134. The van der Waals surface area contributed by atoms with Crippen LogP contribution in [-0.4, -0.2) is 29.9 Å². The number of nitrogens with zero attached hydrogens (tertiary/aromatic N) is 2. The second kappa shape index (κ2) is 6.18. The molecule has 2 aromatic rings. The number of halogens is 1. The van der Waals surface area contributed by atoms with Gasteiger partial charge in [-0.15, -0.1) is 0 Å². The van der Waals surface area contributed by atoms with Gasteiger partial charge in [-0.1, -0.05) is 11.6 Å². The molecule has 2 rings (SSSR count). The third kappa shape index (κ3) is 2.83. The number of imidazole rings is 1. The minimum Gasteiger partial charge on any atom is -0.380 e. The first kappa shape index (κ1) is 13.3. The summed E-state index contributed by atoms with van der Waals surface area (Å²) in [6.45, 7) is 4.60. The second-order valence-electron chi connectivity index (χ2n) is 3.94. The molecule has 0 aliphatic carbocycles. The van der Waals surface area contributed by atoms with Crippen LogP contribution in [0.25, 0.3) is 11.0 Å². The van der Waals surface area contributed by atoms with Crippen molar-refractivity contribution >= 4 is 22.6 Å². The van der Waals surface area contributed by atoms with Crippen molar-refractivity contribution in [2.75, 3.05) is 20.3 Å². The van der Waals surface area contributed by atoms with Crippen LogP contribution in [0.1, 0.15) is 12.7 Å². The van der Waals surface area contributed by atoms with Crippen molar-refractivity contribution in [3.8, 4) is 0 Å². The van der Waals surface area contributed by atoms with Crippen LogP contribution >= 0.6 is 11.6 Å². The topological polar surface area (TPSA) is 36.3 Å². The summed E-state index contributed by atoms with van der Waals surface area (Å²) < 4.78 is 12.7. The van der Waals surface area contributed by atoms with E-state index in [1.165, 1.54) is 0 Å². The maximum absolute atomic E-state index is 6.03. The summed E-state index contributed by atoms with van der Waals surface area (Å²) in [6.07, 6.45) is 0. The van der Waals surface area contributed by atoms with Crippen LogP contribution in [0.3, 0.4) is 0 Å². The smallest absolute Gasteiger partial charge is 0.136 e. The number of aromatic nitrogens is 2. The molecule has 0 N–H and O–H groups in total. The molecule has 0 aliphatic heterocycles. The molecule has 4 nitrogen and oxygen atoms in total. The summed E-state index contributed by atoms with van der Waals surface area (Å²) in [5.74, 6) is 0.898. The van der Waals surface area contributed by atoms with E-state index in [0.29, 0.717) is 24.8 Å². The summed E-state index contributed by atoms with van der Waals surface area (Å²) in [5, 5.41) is 0.712. The summed E-state index contributed by atoms with van der Waals surface area (Å²) in [4.78, 5) is 4.55. The zero-order valence-corrected chi connectivity index (χ0v) is 11.4. The highest BCUT2D eigenvalue weighted by atomic mass is 35.5. The molecular formula is C13H17ClN2O2. The normalized spacial score (nSPS) is 11.3. The molecule has 5 heteroatoms. The van der Waals surface area contributed by atoms with E-state index in [1.54, 1.807) is 7.11 Å². The Labute approximate surface area is 111 Å². The lowest BCUT2D eigenvalue weighted by atomic mass is 10.3. The quantitative estimate of drug-likeness (QED) is 0.756. The molecule has 0 spiro atoms. The fraction of sp³-hybridized carbons (Fsp3) is 0.462. The van der Waals surface area contributed by atoms with E-state index in [-0.39, 0.29) is 0 Å². The van der Waals surface area contributed by atoms with Crippen LogP contribution in [0.4, 0.5) is 0 Å². The number of hydrogen-bond acceptors (Lipinski definition) is 3. The Balaban J connectivity index is 2.36. The van der Waals surface area contributed by atoms with E-state index in [2.05, 4.69) is 9.55 Å². The molecular weight excluding hydrogens is 252 g/mol. The molecule has 1 aromatic carbocycles. The van der Waals surface area contributed by atoms with Gasteiger partial charge in [-0.05, 0) is 25.1 Å². The van der Waals surface area contributed by atoms with Crippen molar-refractivity contribution in [1.82, 2.24) is 9.55 Å². The van der Waals surface area contributed by atoms with Crippen molar-refractivity contribution in [1.29, 1.82) is 0 Å². The van der Waals surface area contributed by atoms with Gasteiger partial charge >= 0.3 is 0 Å². The first-order chi connectivity index (χ1) is 8.76. The molecule has 0 amide bonds. The highest BCUT2D eigenvalue weighted by Crippen LogP contribution is 2.21. The Bertz CT molecular complexity index is 525. The Morgan fingerprint density at radius 2 is 2.22 bits per heavy atom. The summed E-state index contributed by atoms with van der Waals surface area (Å²) in [6, 6.07) is 5.70. The third-order valence-corrected chi connectivity index (χ3v) is 2.96. The first-order valence-corrected chi connectivity index (χ1v) is 6.35. The molecule has 1 heterocycles. The molecule has 0 fully saturated rings. The molecule has 1 aromatic heterocycles. The Morgan fingerprint density at radius 1 is 1.39 bits per heavy atom. The standard InChI is InChI=1S/C13H17ClN2O2/c1-3-18-7-6-16-12-8-10(14)4-5-11(12)15-13(16)9-17-2/h4-5,8H,3,6-7,9H2,1-2H3. The Kier molecular flexibility index (Phi) is 4.58. The number of ether oxygens (including phenoxy) is 2. The molecule has 0 saturated heterocycles. The predicted molar refractivity (Wildman–Crippen MR) is 71.9 cm³/mol. The fourth-order valence-electron chi connectivity index (χ4n) is 1.93. The van der Waals surface area contributed by atoms with Gasteiger partial charge < -0.3 is 14.0 Å². The van der Waals surface area contributed by atoms with Gasteiger partial charge in [0.15, 0.2) is 0 Å². The number of hydrogen-bond donors (Lipinski definition) is 0. The summed E-state index contributed by atoms with van der Waals surface area (Å²) in [7, 11) is 1.67.